The fourth-order valence-electron chi connectivity index (χ4n) is 2.79. The molecule has 1 fully saturated rings. The Kier molecular flexibility index (Phi) is 7.32. The standard InChI is InChI=1S/C18H22N2.C2H3N/c1-3-7-17(8-4-1)15-19-11-13-20(14-12-19)16-18-9-5-2-6-10-18;1-2-3/h1-10H,11-16H2;1H3. The maximum atomic E-state index is 7.32. The molecule has 3 nitrogen and oxygen atoms in total. The summed E-state index contributed by atoms with van der Waals surface area (Å²) in [4.78, 5) is 5.10. The molecule has 1 heterocycles. The monoisotopic (exact) mass is 307 g/mol. The van der Waals surface area contributed by atoms with E-state index in [1.165, 1.54) is 44.2 Å². The number of hydrogen-bond donors (Lipinski definition) is 0. The number of nitriles is 1. The maximum Gasteiger partial charge on any atom is 0.0587 e. The molecule has 0 unspecified atom stereocenters. The van der Waals surface area contributed by atoms with Gasteiger partial charge in [-0.2, -0.15) is 5.26 Å². The zero-order chi connectivity index (χ0) is 16.3. The van der Waals surface area contributed by atoms with Gasteiger partial charge in [0.2, 0.25) is 0 Å². The Hall–Kier alpha value is -2.15. The van der Waals surface area contributed by atoms with E-state index in [1.54, 1.807) is 6.07 Å². The van der Waals surface area contributed by atoms with Crippen molar-refractivity contribution in [2.75, 3.05) is 26.2 Å². The first-order valence-electron chi connectivity index (χ1n) is 8.15. The van der Waals surface area contributed by atoms with Crippen molar-refractivity contribution in [2.45, 2.75) is 20.0 Å². The van der Waals surface area contributed by atoms with Gasteiger partial charge in [0.05, 0.1) is 6.07 Å². The van der Waals surface area contributed by atoms with Gasteiger partial charge in [0.1, 0.15) is 0 Å². The molecule has 3 rings (SSSR count). The molecule has 1 saturated heterocycles. The van der Waals surface area contributed by atoms with Gasteiger partial charge in [-0.1, -0.05) is 60.7 Å². The molecule has 0 N–H and O–H groups in total. The predicted octanol–water partition coefficient (Wildman–Crippen LogP) is 3.53. The first-order chi connectivity index (χ1) is 11.3. The molecule has 0 spiro atoms. The first-order valence-corrected chi connectivity index (χ1v) is 8.15. The molecule has 120 valence electrons. The summed E-state index contributed by atoms with van der Waals surface area (Å²) in [6.45, 7) is 8.27. The average Bonchev–Trinajstić information content (AvgIpc) is 2.59. The summed E-state index contributed by atoms with van der Waals surface area (Å²) in [6.07, 6.45) is 0. The molecule has 23 heavy (non-hydrogen) atoms. The molecular formula is C20H25N3. The number of rotatable bonds is 4. The topological polar surface area (TPSA) is 30.3 Å². The van der Waals surface area contributed by atoms with Gasteiger partial charge in [-0.3, -0.25) is 9.80 Å². The SMILES string of the molecule is CC#N.c1ccc(CN2CCN(Cc3ccccc3)CC2)cc1. The van der Waals surface area contributed by atoms with E-state index in [9.17, 15) is 0 Å². The fraction of sp³-hybridized carbons (Fsp3) is 0.350. The molecule has 1 aliphatic heterocycles. The Bertz CT molecular complexity index is 532. The average molecular weight is 307 g/mol. The van der Waals surface area contributed by atoms with Gasteiger partial charge < -0.3 is 0 Å². The van der Waals surface area contributed by atoms with Crippen molar-refractivity contribution in [1.82, 2.24) is 9.80 Å². The highest BCUT2D eigenvalue weighted by Crippen LogP contribution is 2.11. The van der Waals surface area contributed by atoms with Gasteiger partial charge in [-0.15, -0.1) is 0 Å². The number of piperazine rings is 1. The summed E-state index contributed by atoms with van der Waals surface area (Å²) < 4.78 is 0. The van der Waals surface area contributed by atoms with Crippen LogP contribution in [0.1, 0.15) is 18.1 Å². The van der Waals surface area contributed by atoms with E-state index in [0.29, 0.717) is 0 Å². The Morgan fingerprint density at radius 3 is 1.35 bits per heavy atom. The first kappa shape index (κ1) is 17.2. The second-order valence-corrected chi connectivity index (χ2v) is 5.75. The van der Waals surface area contributed by atoms with Crippen molar-refractivity contribution >= 4 is 0 Å². The van der Waals surface area contributed by atoms with Crippen molar-refractivity contribution in [2.24, 2.45) is 0 Å². The normalized spacial score (nSPS) is 15.3. The molecule has 2 aromatic carbocycles. The van der Waals surface area contributed by atoms with Crippen LogP contribution in [-0.4, -0.2) is 36.0 Å². The lowest BCUT2D eigenvalue weighted by molar-refractivity contribution is 0.122. The lowest BCUT2D eigenvalue weighted by Crippen LogP contribution is -2.45. The van der Waals surface area contributed by atoms with Crippen LogP contribution in [0.2, 0.25) is 0 Å². The van der Waals surface area contributed by atoms with E-state index in [4.69, 9.17) is 5.26 Å². The highest BCUT2D eigenvalue weighted by atomic mass is 15.3. The third-order valence-corrected chi connectivity index (χ3v) is 3.96. The number of benzene rings is 2. The van der Waals surface area contributed by atoms with Crippen LogP contribution in [0.3, 0.4) is 0 Å². The molecule has 0 aliphatic carbocycles. The van der Waals surface area contributed by atoms with Crippen molar-refractivity contribution < 1.29 is 0 Å². The van der Waals surface area contributed by atoms with E-state index < -0.39 is 0 Å². The zero-order valence-electron chi connectivity index (χ0n) is 13.9. The Morgan fingerprint density at radius 2 is 1.04 bits per heavy atom. The Morgan fingerprint density at radius 1 is 0.739 bits per heavy atom. The van der Waals surface area contributed by atoms with E-state index in [2.05, 4.69) is 70.5 Å². The predicted molar refractivity (Wildman–Crippen MR) is 94.7 cm³/mol. The largest absolute Gasteiger partial charge is 0.297 e. The third-order valence-electron chi connectivity index (χ3n) is 3.96. The van der Waals surface area contributed by atoms with Gasteiger partial charge >= 0.3 is 0 Å². The molecule has 1 aliphatic rings. The molecule has 2 aromatic rings. The van der Waals surface area contributed by atoms with Gasteiger partial charge in [-0.05, 0) is 11.1 Å². The Labute approximate surface area is 139 Å². The summed E-state index contributed by atoms with van der Waals surface area (Å²) in [5, 5.41) is 7.32. The molecule has 0 atom stereocenters. The summed E-state index contributed by atoms with van der Waals surface area (Å²) in [5.41, 5.74) is 2.84. The van der Waals surface area contributed by atoms with Crippen LogP contribution in [0.25, 0.3) is 0 Å². The van der Waals surface area contributed by atoms with Gasteiger partial charge in [0, 0.05) is 46.2 Å². The highest BCUT2D eigenvalue weighted by molar-refractivity contribution is 5.15. The number of nitrogens with zero attached hydrogens (tertiary/aromatic N) is 3. The molecule has 0 amide bonds. The van der Waals surface area contributed by atoms with Crippen molar-refractivity contribution in [3.05, 3.63) is 71.8 Å². The van der Waals surface area contributed by atoms with E-state index in [1.807, 2.05) is 0 Å². The number of hydrogen-bond acceptors (Lipinski definition) is 3. The minimum atomic E-state index is 1.08. The quantitative estimate of drug-likeness (QED) is 0.865. The van der Waals surface area contributed by atoms with Crippen molar-refractivity contribution in [1.29, 1.82) is 5.26 Å². The second kappa shape index (κ2) is 9.78. The molecule has 0 bridgehead atoms. The molecule has 0 saturated carbocycles. The van der Waals surface area contributed by atoms with Crippen LogP contribution in [0, 0.1) is 11.3 Å². The minimum Gasteiger partial charge on any atom is -0.297 e. The van der Waals surface area contributed by atoms with Gasteiger partial charge in [-0.25, -0.2) is 0 Å². The van der Waals surface area contributed by atoms with Crippen LogP contribution in [0.5, 0.6) is 0 Å². The van der Waals surface area contributed by atoms with E-state index in [0.717, 1.165) is 13.1 Å². The summed E-state index contributed by atoms with van der Waals surface area (Å²) >= 11 is 0. The van der Waals surface area contributed by atoms with Crippen molar-refractivity contribution in [3.8, 4) is 6.07 Å². The molecule has 0 radical (unpaired) electrons. The van der Waals surface area contributed by atoms with Crippen molar-refractivity contribution in [3.63, 3.8) is 0 Å². The highest BCUT2D eigenvalue weighted by Gasteiger charge is 2.16. The summed E-state index contributed by atoms with van der Waals surface area (Å²) in [5.74, 6) is 0. The summed E-state index contributed by atoms with van der Waals surface area (Å²) in [7, 11) is 0. The molecule has 0 aromatic heterocycles. The summed E-state index contributed by atoms with van der Waals surface area (Å²) in [6, 6.07) is 23.3. The van der Waals surface area contributed by atoms with Crippen LogP contribution in [-0.2, 0) is 13.1 Å². The minimum absolute atomic E-state index is 1.08. The zero-order valence-corrected chi connectivity index (χ0v) is 13.9. The fourth-order valence-corrected chi connectivity index (χ4v) is 2.79. The molecule has 3 heteroatoms. The van der Waals surface area contributed by atoms with Gasteiger partial charge in [0.15, 0.2) is 0 Å². The molecular weight excluding hydrogens is 282 g/mol. The van der Waals surface area contributed by atoms with Crippen LogP contribution < -0.4 is 0 Å². The smallest absolute Gasteiger partial charge is 0.0587 e. The maximum absolute atomic E-state index is 7.32. The second-order valence-electron chi connectivity index (χ2n) is 5.75. The van der Waals surface area contributed by atoms with E-state index in [-0.39, 0.29) is 0 Å². The van der Waals surface area contributed by atoms with Gasteiger partial charge in [0.25, 0.3) is 0 Å². The van der Waals surface area contributed by atoms with Crippen LogP contribution in [0.4, 0.5) is 0 Å². The van der Waals surface area contributed by atoms with Crippen LogP contribution in [0.15, 0.2) is 60.7 Å². The Balaban J connectivity index is 0.000000595. The third kappa shape index (κ3) is 6.23. The van der Waals surface area contributed by atoms with E-state index >= 15 is 0 Å². The lowest BCUT2D eigenvalue weighted by atomic mass is 10.1. The lowest BCUT2D eigenvalue weighted by Gasteiger charge is -2.34. The van der Waals surface area contributed by atoms with Crippen LogP contribution >= 0.6 is 0 Å².